The second kappa shape index (κ2) is 8.25. The van der Waals surface area contributed by atoms with Crippen LogP contribution in [0.25, 0.3) is 0 Å². The predicted molar refractivity (Wildman–Crippen MR) is 102 cm³/mol. The van der Waals surface area contributed by atoms with Gasteiger partial charge < -0.3 is 24.1 Å². The second-order valence-corrected chi connectivity index (χ2v) is 7.10. The van der Waals surface area contributed by atoms with Crippen LogP contribution in [-0.2, 0) is 18.9 Å². The number of Topliss-reactive ketones (excluding diaryl/α,β-unsaturated/α-hetero) is 1. The van der Waals surface area contributed by atoms with E-state index < -0.39 is 36.4 Å². The number of benzene rings is 2. The summed E-state index contributed by atoms with van der Waals surface area (Å²) < 4.78 is 22.3. The molecule has 4 rings (SSSR count). The number of hydrogen-bond acceptors (Lipinski definition) is 8. The van der Waals surface area contributed by atoms with Gasteiger partial charge in [0.05, 0.1) is 18.8 Å². The van der Waals surface area contributed by atoms with Crippen LogP contribution < -0.4 is 0 Å². The molecule has 0 saturated carbocycles. The van der Waals surface area contributed by atoms with Crippen LogP contribution in [-0.4, -0.2) is 60.5 Å². The Morgan fingerprint density at radius 1 is 0.800 bits per heavy atom. The molecule has 2 saturated heterocycles. The number of aromatic hydroxyl groups is 1. The zero-order chi connectivity index (χ0) is 21.3. The quantitative estimate of drug-likeness (QED) is 0.588. The fourth-order valence-electron chi connectivity index (χ4n) is 3.65. The Labute approximate surface area is 172 Å². The molecule has 0 bridgehead atoms. The summed E-state index contributed by atoms with van der Waals surface area (Å²) in [6, 6.07) is 12.5. The highest BCUT2D eigenvalue weighted by atomic mass is 16.7. The summed E-state index contributed by atoms with van der Waals surface area (Å²) in [5.41, 5.74) is 0.497. The number of esters is 2. The molecule has 4 atom stereocenters. The molecule has 0 aromatic heterocycles. The van der Waals surface area contributed by atoms with Crippen LogP contribution in [0, 0.1) is 0 Å². The Kier molecular flexibility index (Phi) is 5.52. The Bertz CT molecular complexity index is 985. The lowest BCUT2D eigenvalue weighted by Gasteiger charge is -2.18. The molecule has 0 radical (unpaired) electrons. The molecule has 2 aromatic rings. The number of carbonyl (C=O) groups excluding carboxylic acids is 3. The van der Waals surface area contributed by atoms with E-state index >= 15 is 0 Å². The van der Waals surface area contributed by atoms with Crippen LogP contribution >= 0.6 is 0 Å². The van der Waals surface area contributed by atoms with Crippen molar-refractivity contribution in [3.63, 3.8) is 0 Å². The molecule has 0 spiro atoms. The average molecular weight is 412 g/mol. The number of hydrogen-bond donors (Lipinski definition) is 1. The number of phenolic OH excluding ortho intramolecular Hbond substituents is 1. The molecule has 2 aliphatic rings. The van der Waals surface area contributed by atoms with Crippen molar-refractivity contribution < 1.29 is 38.4 Å². The fraction of sp³-hybridized carbons (Fsp3) is 0.318. The topological polar surface area (TPSA) is 108 Å². The smallest absolute Gasteiger partial charge is 0.342 e. The lowest BCUT2D eigenvalue weighted by atomic mass is 10.0. The summed E-state index contributed by atoms with van der Waals surface area (Å²) in [5.74, 6) is -1.76. The number of para-hydroxylation sites is 1. The van der Waals surface area contributed by atoms with E-state index in [-0.39, 0.29) is 41.4 Å². The van der Waals surface area contributed by atoms with Gasteiger partial charge in [-0.2, -0.15) is 0 Å². The van der Waals surface area contributed by atoms with Gasteiger partial charge in [0, 0.05) is 5.56 Å². The van der Waals surface area contributed by atoms with Gasteiger partial charge in [-0.3, -0.25) is 4.79 Å². The van der Waals surface area contributed by atoms with Gasteiger partial charge in [-0.1, -0.05) is 30.3 Å². The zero-order valence-corrected chi connectivity index (χ0v) is 16.1. The maximum atomic E-state index is 12.6. The van der Waals surface area contributed by atoms with E-state index in [1.807, 2.05) is 0 Å². The summed E-state index contributed by atoms with van der Waals surface area (Å²) in [4.78, 5) is 36.7. The van der Waals surface area contributed by atoms with E-state index in [4.69, 9.17) is 18.9 Å². The number of ketones is 1. The van der Waals surface area contributed by atoms with Gasteiger partial charge in [0.2, 0.25) is 0 Å². The lowest BCUT2D eigenvalue weighted by Crippen LogP contribution is -2.36. The van der Waals surface area contributed by atoms with Gasteiger partial charge in [-0.15, -0.1) is 0 Å². The first-order chi connectivity index (χ1) is 14.5. The van der Waals surface area contributed by atoms with Crippen molar-refractivity contribution in [2.45, 2.75) is 31.3 Å². The van der Waals surface area contributed by atoms with Crippen LogP contribution in [0.2, 0.25) is 0 Å². The van der Waals surface area contributed by atoms with E-state index in [0.29, 0.717) is 0 Å². The molecule has 2 aromatic carbocycles. The molecule has 2 heterocycles. The van der Waals surface area contributed by atoms with E-state index in [2.05, 4.69) is 0 Å². The molecule has 30 heavy (non-hydrogen) atoms. The van der Waals surface area contributed by atoms with Gasteiger partial charge in [-0.25, -0.2) is 9.59 Å². The van der Waals surface area contributed by atoms with Crippen LogP contribution in [0.3, 0.4) is 0 Å². The highest BCUT2D eigenvalue weighted by Crippen LogP contribution is 2.32. The molecule has 0 amide bonds. The predicted octanol–water partition coefficient (Wildman–Crippen LogP) is 2.14. The SMILES string of the molecule is CC(=O)c1ccccc1C(=O)OC1COC2C(OC(=O)c3ccccc3O)COC12. The molecule has 1 N–H and O–H groups in total. The van der Waals surface area contributed by atoms with E-state index in [0.717, 1.165) is 0 Å². The minimum absolute atomic E-state index is 0.0442. The Balaban J connectivity index is 1.41. The van der Waals surface area contributed by atoms with Gasteiger partial charge in [0.15, 0.2) is 18.0 Å². The lowest BCUT2D eigenvalue weighted by molar-refractivity contribution is -0.0288. The summed E-state index contributed by atoms with van der Waals surface area (Å²) in [7, 11) is 0. The van der Waals surface area contributed by atoms with Gasteiger partial charge in [0.25, 0.3) is 0 Å². The van der Waals surface area contributed by atoms with Crippen molar-refractivity contribution in [3.8, 4) is 5.75 Å². The largest absolute Gasteiger partial charge is 0.507 e. The van der Waals surface area contributed by atoms with Crippen LogP contribution in [0.4, 0.5) is 0 Å². The normalized spacial score (nSPS) is 24.8. The van der Waals surface area contributed by atoms with E-state index in [1.54, 1.807) is 30.3 Å². The Morgan fingerprint density at radius 2 is 1.27 bits per heavy atom. The average Bonchev–Trinajstić information content (AvgIpc) is 3.31. The highest BCUT2D eigenvalue weighted by Gasteiger charge is 2.51. The number of phenols is 1. The minimum Gasteiger partial charge on any atom is -0.507 e. The van der Waals surface area contributed by atoms with Crippen molar-refractivity contribution in [3.05, 3.63) is 65.2 Å². The fourth-order valence-corrected chi connectivity index (χ4v) is 3.65. The molecule has 8 nitrogen and oxygen atoms in total. The van der Waals surface area contributed by atoms with Crippen LogP contribution in [0.5, 0.6) is 5.75 Å². The maximum absolute atomic E-state index is 12.6. The summed E-state index contributed by atoms with van der Waals surface area (Å²) in [5, 5.41) is 9.81. The molecular weight excluding hydrogens is 392 g/mol. The second-order valence-electron chi connectivity index (χ2n) is 7.10. The van der Waals surface area contributed by atoms with Crippen molar-refractivity contribution in [2.24, 2.45) is 0 Å². The van der Waals surface area contributed by atoms with Crippen LogP contribution in [0.1, 0.15) is 38.0 Å². The van der Waals surface area contributed by atoms with Gasteiger partial charge in [0.1, 0.15) is 23.5 Å². The number of rotatable bonds is 5. The molecule has 8 heteroatoms. The third-order valence-electron chi connectivity index (χ3n) is 5.13. The number of ether oxygens (including phenoxy) is 4. The van der Waals surface area contributed by atoms with Crippen molar-refractivity contribution >= 4 is 17.7 Å². The van der Waals surface area contributed by atoms with Crippen molar-refractivity contribution in [2.75, 3.05) is 13.2 Å². The first kappa shape index (κ1) is 20.1. The third-order valence-corrected chi connectivity index (χ3v) is 5.13. The highest BCUT2D eigenvalue weighted by molar-refractivity contribution is 6.05. The maximum Gasteiger partial charge on any atom is 0.342 e. The summed E-state index contributed by atoms with van der Waals surface area (Å²) in [6.07, 6.45) is -2.59. The standard InChI is InChI=1S/C22H20O8/c1-12(23)13-6-2-3-7-14(13)21(25)29-17-10-27-20-18(11-28-19(17)20)30-22(26)15-8-4-5-9-16(15)24/h2-9,17-20,24H,10-11H2,1H3. The Morgan fingerprint density at radius 3 is 1.80 bits per heavy atom. The summed E-state index contributed by atoms with van der Waals surface area (Å²) in [6.45, 7) is 1.53. The van der Waals surface area contributed by atoms with Crippen LogP contribution in [0.15, 0.2) is 48.5 Å². The third kappa shape index (κ3) is 3.79. The monoisotopic (exact) mass is 412 g/mol. The van der Waals surface area contributed by atoms with E-state index in [9.17, 15) is 19.5 Å². The molecule has 0 aliphatic carbocycles. The van der Waals surface area contributed by atoms with Crippen molar-refractivity contribution in [1.29, 1.82) is 0 Å². The molecule has 2 aliphatic heterocycles. The summed E-state index contributed by atoms with van der Waals surface area (Å²) >= 11 is 0. The Hall–Kier alpha value is -3.23. The van der Waals surface area contributed by atoms with Gasteiger partial charge >= 0.3 is 11.9 Å². The number of carbonyl (C=O) groups is 3. The van der Waals surface area contributed by atoms with Gasteiger partial charge in [-0.05, 0) is 25.1 Å². The van der Waals surface area contributed by atoms with E-state index in [1.165, 1.54) is 25.1 Å². The first-order valence-corrected chi connectivity index (χ1v) is 9.49. The molecular formula is C22H20O8. The first-order valence-electron chi connectivity index (χ1n) is 9.49. The molecule has 4 unspecified atom stereocenters. The van der Waals surface area contributed by atoms with Crippen molar-refractivity contribution in [1.82, 2.24) is 0 Å². The molecule has 2 fully saturated rings. The minimum atomic E-state index is -0.699. The zero-order valence-electron chi connectivity index (χ0n) is 16.1. The molecule has 156 valence electrons. The number of fused-ring (bicyclic) bond motifs is 1.